The third kappa shape index (κ3) is 1.87. The second-order valence-corrected chi connectivity index (χ2v) is 6.99. The summed E-state index contributed by atoms with van der Waals surface area (Å²) in [6.45, 7) is 0. The highest BCUT2D eigenvalue weighted by atomic mass is 79.9. The maximum atomic E-state index is 9.90. The van der Waals surface area contributed by atoms with Crippen molar-refractivity contribution in [2.24, 2.45) is 0 Å². The Kier molecular flexibility index (Phi) is 2.85. The van der Waals surface area contributed by atoms with Gasteiger partial charge in [0.1, 0.15) is 5.75 Å². The Morgan fingerprint density at radius 3 is 2.21 bits per heavy atom. The van der Waals surface area contributed by atoms with E-state index in [0.717, 1.165) is 20.6 Å². The Hall–Kier alpha value is -2.58. The van der Waals surface area contributed by atoms with Crippen LogP contribution in [0.4, 0.5) is 0 Å². The van der Waals surface area contributed by atoms with Crippen molar-refractivity contribution >= 4 is 59.0 Å². The summed E-state index contributed by atoms with van der Waals surface area (Å²) in [6.07, 6.45) is 0. The van der Waals surface area contributed by atoms with Gasteiger partial charge in [-0.2, -0.15) is 0 Å². The average Bonchev–Trinajstić information content (AvgIpc) is 2.61. The van der Waals surface area contributed by atoms with Gasteiger partial charge in [0.15, 0.2) is 0 Å². The molecule has 0 bridgehead atoms. The lowest BCUT2D eigenvalue weighted by Gasteiger charge is -2.12. The largest absolute Gasteiger partial charge is 0.508 e. The predicted molar refractivity (Wildman–Crippen MR) is 106 cm³/mol. The molecule has 0 aliphatic heterocycles. The van der Waals surface area contributed by atoms with Crippen LogP contribution in [0.2, 0.25) is 0 Å². The number of phenolic OH excluding ortho intramolecular Hbond substituents is 1. The van der Waals surface area contributed by atoms with Crippen LogP contribution in [0, 0.1) is 0 Å². The number of hydrogen-bond acceptors (Lipinski definition) is 1. The Bertz CT molecular complexity index is 1270. The molecule has 0 fully saturated rings. The number of fused-ring (bicyclic) bond motifs is 7. The molecule has 2 heteroatoms. The van der Waals surface area contributed by atoms with Crippen LogP contribution in [0.25, 0.3) is 43.1 Å². The van der Waals surface area contributed by atoms with E-state index in [1.807, 2.05) is 12.1 Å². The molecule has 0 radical (unpaired) electrons. The summed E-state index contributed by atoms with van der Waals surface area (Å²) in [5, 5.41) is 19.4. The summed E-state index contributed by atoms with van der Waals surface area (Å²) < 4.78 is 1.08. The lowest BCUT2D eigenvalue weighted by atomic mass is 9.94. The number of aromatic hydroxyl groups is 1. The summed E-state index contributed by atoms with van der Waals surface area (Å²) in [7, 11) is 0. The van der Waals surface area contributed by atoms with Gasteiger partial charge in [0.2, 0.25) is 0 Å². The molecule has 24 heavy (non-hydrogen) atoms. The molecule has 0 heterocycles. The average molecular weight is 373 g/mol. The van der Waals surface area contributed by atoms with Crippen molar-refractivity contribution in [1.82, 2.24) is 0 Å². The van der Waals surface area contributed by atoms with Crippen molar-refractivity contribution in [2.45, 2.75) is 0 Å². The first-order valence-corrected chi connectivity index (χ1v) is 8.67. The van der Waals surface area contributed by atoms with Crippen LogP contribution >= 0.6 is 15.9 Å². The minimum absolute atomic E-state index is 0.296. The fourth-order valence-electron chi connectivity index (χ4n) is 3.68. The molecule has 5 rings (SSSR count). The number of phenols is 1. The van der Waals surface area contributed by atoms with Gasteiger partial charge < -0.3 is 5.11 Å². The van der Waals surface area contributed by atoms with E-state index >= 15 is 0 Å². The van der Waals surface area contributed by atoms with Crippen molar-refractivity contribution in [2.75, 3.05) is 0 Å². The first-order chi connectivity index (χ1) is 11.7. The molecule has 0 aliphatic rings. The molecule has 114 valence electrons. The molecule has 0 aliphatic carbocycles. The number of rotatable bonds is 0. The molecule has 0 saturated carbocycles. The van der Waals surface area contributed by atoms with E-state index in [1.54, 1.807) is 6.07 Å². The maximum absolute atomic E-state index is 9.90. The van der Waals surface area contributed by atoms with Gasteiger partial charge in [0.05, 0.1) is 0 Å². The van der Waals surface area contributed by atoms with Crippen LogP contribution in [-0.2, 0) is 0 Å². The normalized spacial score (nSPS) is 11.7. The molecule has 5 aromatic carbocycles. The van der Waals surface area contributed by atoms with E-state index in [-0.39, 0.29) is 0 Å². The van der Waals surface area contributed by atoms with E-state index < -0.39 is 0 Å². The van der Waals surface area contributed by atoms with Crippen LogP contribution in [-0.4, -0.2) is 5.11 Å². The van der Waals surface area contributed by atoms with E-state index in [9.17, 15) is 5.11 Å². The molecular weight excluding hydrogens is 360 g/mol. The minimum atomic E-state index is 0.296. The first-order valence-electron chi connectivity index (χ1n) is 7.88. The zero-order valence-electron chi connectivity index (χ0n) is 12.8. The van der Waals surface area contributed by atoms with Crippen molar-refractivity contribution in [3.63, 3.8) is 0 Å². The summed E-state index contributed by atoms with van der Waals surface area (Å²) >= 11 is 3.76. The van der Waals surface area contributed by atoms with Crippen LogP contribution in [0.15, 0.2) is 77.3 Å². The summed E-state index contributed by atoms with van der Waals surface area (Å²) in [5.41, 5.74) is 0. The Morgan fingerprint density at radius 2 is 1.29 bits per heavy atom. The monoisotopic (exact) mass is 372 g/mol. The summed E-state index contributed by atoms with van der Waals surface area (Å²) in [4.78, 5) is 0. The third-order valence-corrected chi connectivity index (χ3v) is 5.40. The predicted octanol–water partition coefficient (Wildman–Crippen LogP) is 6.77. The van der Waals surface area contributed by atoms with Gasteiger partial charge in [-0.1, -0.05) is 70.5 Å². The highest BCUT2D eigenvalue weighted by Gasteiger charge is 2.11. The smallest absolute Gasteiger partial charge is 0.116 e. The van der Waals surface area contributed by atoms with Crippen LogP contribution in [0.5, 0.6) is 5.75 Å². The van der Waals surface area contributed by atoms with Crippen molar-refractivity contribution in [3.05, 3.63) is 77.3 Å². The van der Waals surface area contributed by atoms with Crippen molar-refractivity contribution in [3.8, 4) is 5.75 Å². The van der Waals surface area contributed by atoms with Gasteiger partial charge in [-0.25, -0.2) is 0 Å². The van der Waals surface area contributed by atoms with Crippen LogP contribution < -0.4 is 0 Å². The fourth-order valence-corrected chi connectivity index (χ4v) is 4.36. The number of benzene rings is 5. The molecule has 0 unspecified atom stereocenters. The molecule has 0 saturated heterocycles. The topological polar surface area (TPSA) is 20.2 Å². The molecule has 0 atom stereocenters. The van der Waals surface area contributed by atoms with Gasteiger partial charge in [-0.15, -0.1) is 0 Å². The SMILES string of the molecule is Oc1ccc2cc(Br)c3c(ccc4c5ccccc5ccc43)c2c1. The first kappa shape index (κ1) is 13.8. The van der Waals surface area contributed by atoms with Crippen LogP contribution in [0.3, 0.4) is 0 Å². The van der Waals surface area contributed by atoms with Gasteiger partial charge >= 0.3 is 0 Å². The van der Waals surface area contributed by atoms with Gasteiger partial charge in [0.25, 0.3) is 0 Å². The minimum Gasteiger partial charge on any atom is -0.508 e. The number of hydrogen-bond donors (Lipinski definition) is 1. The lowest BCUT2D eigenvalue weighted by Crippen LogP contribution is -1.84. The molecule has 0 spiro atoms. The lowest BCUT2D eigenvalue weighted by molar-refractivity contribution is 0.476. The quantitative estimate of drug-likeness (QED) is 0.297. The summed E-state index contributed by atoms with van der Waals surface area (Å²) in [5.74, 6) is 0.296. The molecule has 0 aromatic heterocycles. The second kappa shape index (κ2) is 4.96. The van der Waals surface area contributed by atoms with Gasteiger partial charge in [-0.05, 0) is 55.9 Å². The van der Waals surface area contributed by atoms with Gasteiger partial charge in [0, 0.05) is 9.86 Å². The van der Waals surface area contributed by atoms with Crippen molar-refractivity contribution < 1.29 is 5.11 Å². The van der Waals surface area contributed by atoms with Crippen molar-refractivity contribution in [1.29, 1.82) is 0 Å². The molecule has 5 aromatic rings. The maximum Gasteiger partial charge on any atom is 0.116 e. The second-order valence-electron chi connectivity index (χ2n) is 6.13. The molecule has 1 nitrogen and oxygen atoms in total. The summed E-state index contributed by atoms with van der Waals surface area (Å²) in [6, 6.07) is 24.9. The van der Waals surface area contributed by atoms with E-state index in [2.05, 4.69) is 70.5 Å². The number of halogens is 1. The third-order valence-electron chi connectivity index (χ3n) is 4.77. The fraction of sp³-hybridized carbons (Fsp3) is 0. The highest BCUT2D eigenvalue weighted by Crippen LogP contribution is 2.39. The molecule has 1 N–H and O–H groups in total. The standard InChI is InChI=1S/C22H13BrO/c23-21-11-14-5-7-15(24)12-20(14)19-10-9-17-16-4-2-1-3-13(16)6-8-18(17)22(19)21/h1-12,24H. The zero-order chi connectivity index (χ0) is 16.3. The van der Waals surface area contributed by atoms with E-state index in [0.29, 0.717) is 5.75 Å². The Labute approximate surface area is 147 Å². The Balaban J connectivity index is 2.06. The van der Waals surface area contributed by atoms with E-state index in [1.165, 1.54) is 26.9 Å². The highest BCUT2D eigenvalue weighted by molar-refractivity contribution is 9.10. The van der Waals surface area contributed by atoms with E-state index in [4.69, 9.17) is 0 Å². The molecule has 0 amide bonds. The van der Waals surface area contributed by atoms with Gasteiger partial charge in [-0.3, -0.25) is 0 Å². The van der Waals surface area contributed by atoms with Crippen LogP contribution in [0.1, 0.15) is 0 Å². The molecular formula is C22H13BrO. The zero-order valence-corrected chi connectivity index (χ0v) is 14.3. The Morgan fingerprint density at radius 1 is 0.583 bits per heavy atom.